The van der Waals surface area contributed by atoms with E-state index in [9.17, 15) is 14.4 Å². The molecule has 2 aromatic heterocycles. The molecular formula is C22H25N5O4. The van der Waals surface area contributed by atoms with Crippen molar-refractivity contribution in [3.63, 3.8) is 0 Å². The number of esters is 1. The van der Waals surface area contributed by atoms with Gasteiger partial charge in [-0.25, -0.2) is 19.3 Å². The Morgan fingerprint density at radius 3 is 2.58 bits per heavy atom. The van der Waals surface area contributed by atoms with Crippen molar-refractivity contribution in [1.29, 1.82) is 0 Å². The topological polar surface area (TPSA) is 115 Å². The first-order chi connectivity index (χ1) is 14.9. The summed E-state index contributed by atoms with van der Waals surface area (Å²) in [6.45, 7) is 5.69. The summed E-state index contributed by atoms with van der Waals surface area (Å²) in [4.78, 5) is 41.0. The molecule has 3 rings (SSSR count). The van der Waals surface area contributed by atoms with Gasteiger partial charge in [0, 0.05) is 18.2 Å². The van der Waals surface area contributed by atoms with Crippen molar-refractivity contribution in [1.82, 2.24) is 25.4 Å². The molecule has 0 aliphatic heterocycles. The van der Waals surface area contributed by atoms with E-state index in [1.807, 2.05) is 51.1 Å². The third-order valence-corrected chi connectivity index (χ3v) is 4.47. The second-order valence-electron chi connectivity index (χ2n) is 7.22. The van der Waals surface area contributed by atoms with Gasteiger partial charge in [-0.15, -0.1) is 0 Å². The quantitative estimate of drug-likeness (QED) is 0.565. The molecule has 0 radical (unpaired) electrons. The molecule has 1 aromatic carbocycles. The van der Waals surface area contributed by atoms with Crippen molar-refractivity contribution in [2.75, 3.05) is 13.2 Å². The number of fused-ring (bicyclic) bond motifs is 1. The normalized spacial score (nSPS) is 10.8. The molecule has 3 aromatic rings. The van der Waals surface area contributed by atoms with Crippen LogP contribution in [0.25, 0.3) is 22.3 Å². The number of hydrogen-bond donors (Lipinski definition) is 2. The summed E-state index contributed by atoms with van der Waals surface area (Å²) in [5.74, 6) is -1.41. The summed E-state index contributed by atoms with van der Waals surface area (Å²) in [5.41, 5.74) is 2.22. The molecule has 9 nitrogen and oxygen atoms in total. The minimum absolute atomic E-state index is 0.0345. The Hall–Kier alpha value is -3.75. The van der Waals surface area contributed by atoms with Gasteiger partial charge in [0.05, 0.1) is 22.8 Å². The van der Waals surface area contributed by atoms with E-state index in [4.69, 9.17) is 9.72 Å². The molecule has 0 saturated carbocycles. The van der Waals surface area contributed by atoms with Gasteiger partial charge in [0.25, 0.3) is 5.91 Å². The first-order valence-corrected chi connectivity index (χ1v) is 10.1. The molecule has 0 aliphatic rings. The Morgan fingerprint density at radius 2 is 1.90 bits per heavy atom. The van der Waals surface area contributed by atoms with Crippen molar-refractivity contribution >= 4 is 28.9 Å². The predicted molar refractivity (Wildman–Crippen MR) is 115 cm³/mol. The summed E-state index contributed by atoms with van der Waals surface area (Å²) in [6, 6.07) is 10.5. The van der Waals surface area contributed by atoms with E-state index in [2.05, 4.69) is 15.7 Å². The molecule has 2 heterocycles. The van der Waals surface area contributed by atoms with Crippen molar-refractivity contribution in [2.45, 2.75) is 33.2 Å². The van der Waals surface area contributed by atoms with Gasteiger partial charge in [-0.05, 0) is 26.3 Å². The predicted octanol–water partition coefficient (Wildman–Crippen LogP) is 3.07. The molecular weight excluding hydrogens is 398 g/mol. The molecule has 0 fully saturated rings. The van der Waals surface area contributed by atoms with Gasteiger partial charge in [0.2, 0.25) is 0 Å². The van der Waals surface area contributed by atoms with Gasteiger partial charge >= 0.3 is 12.0 Å². The SMILES string of the molecule is CCCNC(=O)NC(=O)COC(=O)c1cc(-c2ccccc2)nc2c1cnn2C(C)C. The number of imide groups is 1. The number of aromatic nitrogens is 3. The van der Waals surface area contributed by atoms with Crippen LogP contribution < -0.4 is 10.6 Å². The van der Waals surface area contributed by atoms with Crippen LogP contribution in [0.15, 0.2) is 42.6 Å². The maximum Gasteiger partial charge on any atom is 0.339 e. The van der Waals surface area contributed by atoms with Gasteiger partial charge in [0.1, 0.15) is 0 Å². The van der Waals surface area contributed by atoms with Gasteiger partial charge in [-0.2, -0.15) is 5.10 Å². The molecule has 3 amide bonds. The largest absolute Gasteiger partial charge is 0.452 e. The van der Waals surface area contributed by atoms with E-state index >= 15 is 0 Å². The third-order valence-electron chi connectivity index (χ3n) is 4.47. The summed E-state index contributed by atoms with van der Waals surface area (Å²) >= 11 is 0. The third kappa shape index (κ3) is 5.25. The van der Waals surface area contributed by atoms with Crippen LogP contribution in [0, 0.1) is 0 Å². The minimum atomic E-state index is -0.714. The number of nitrogens with zero attached hydrogens (tertiary/aromatic N) is 3. The average molecular weight is 423 g/mol. The number of amides is 3. The molecule has 0 spiro atoms. The summed E-state index contributed by atoms with van der Waals surface area (Å²) in [7, 11) is 0. The highest BCUT2D eigenvalue weighted by Gasteiger charge is 2.20. The molecule has 9 heteroatoms. The van der Waals surface area contributed by atoms with E-state index in [1.165, 1.54) is 0 Å². The molecule has 162 valence electrons. The molecule has 0 saturated heterocycles. The lowest BCUT2D eigenvalue weighted by molar-refractivity contribution is -0.123. The number of carbonyl (C=O) groups is 3. The smallest absolute Gasteiger partial charge is 0.339 e. The number of ether oxygens (including phenoxy) is 1. The summed E-state index contributed by atoms with van der Waals surface area (Å²) < 4.78 is 6.89. The number of urea groups is 1. The highest BCUT2D eigenvalue weighted by atomic mass is 16.5. The second kappa shape index (κ2) is 9.84. The number of pyridine rings is 1. The Morgan fingerprint density at radius 1 is 1.16 bits per heavy atom. The molecule has 0 atom stereocenters. The van der Waals surface area contributed by atoms with Crippen molar-refractivity contribution in [2.24, 2.45) is 0 Å². The zero-order valence-electron chi connectivity index (χ0n) is 17.7. The Balaban J connectivity index is 1.85. The van der Waals surface area contributed by atoms with Crippen LogP contribution in [0.2, 0.25) is 0 Å². The van der Waals surface area contributed by atoms with Gasteiger partial charge in [0.15, 0.2) is 12.3 Å². The van der Waals surface area contributed by atoms with E-state index in [0.717, 1.165) is 12.0 Å². The Bertz CT molecular complexity index is 1090. The van der Waals surface area contributed by atoms with E-state index in [-0.39, 0.29) is 11.6 Å². The summed E-state index contributed by atoms with van der Waals surface area (Å²) in [5, 5.41) is 9.51. The van der Waals surface area contributed by atoms with Gasteiger partial charge in [-0.1, -0.05) is 37.3 Å². The first kappa shape index (κ1) is 21.9. The second-order valence-corrected chi connectivity index (χ2v) is 7.22. The lowest BCUT2D eigenvalue weighted by Gasteiger charge is -2.11. The number of nitrogens with one attached hydrogen (secondary N) is 2. The standard InChI is InChI=1S/C22H25N5O4/c1-4-10-23-22(30)26-19(28)13-31-21(29)16-11-18(15-8-6-5-7-9-15)25-20-17(16)12-24-27(20)14(2)3/h5-9,11-12,14H,4,10,13H2,1-3H3,(H2,23,26,28,30). The van der Waals surface area contributed by atoms with Crippen molar-refractivity contribution < 1.29 is 19.1 Å². The molecule has 31 heavy (non-hydrogen) atoms. The van der Waals surface area contributed by atoms with Crippen LogP contribution in [-0.2, 0) is 9.53 Å². The highest BCUT2D eigenvalue weighted by Crippen LogP contribution is 2.26. The fourth-order valence-corrected chi connectivity index (χ4v) is 2.98. The number of carbonyl (C=O) groups excluding carboxylic acids is 3. The Kier molecular flexibility index (Phi) is 6.96. The van der Waals surface area contributed by atoms with E-state index in [1.54, 1.807) is 16.9 Å². The molecule has 0 aliphatic carbocycles. The lowest BCUT2D eigenvalue weighted by atomic mass is 10.1. The molecule has 0 bridgehead atoms. The minimum Gasteiger partial charge on any atom is -0.452 e. The fourth-order valence-electron chi connectivity index (χ4n) is 2.98. The maximum absolute atomic E-state index is 12.8. The van der Waals surface area contributed by atoms with Crippen LogP contribution in [0.1, 0.15) is 43.6 Å². The van der Waals surface area contributed by atoms with Gasteiger partial charge < -0.3 is 10.1 Å². The monoisotopic (exact) mass is 423 g/mol. The van der Waals surface area contributed by atoms with Crippen molar-refractivity contribution in [3.05, 3.63) is 48.2 Å². The number of benzene rings is 1. The zero-order valence-corrected chi connectivity index (χ0v) is 17.7. The first-order valence-electron chi connectivity index (χ1n) is 10.1. The highest BCUT2D eigenvalue weighted by molar-refractivity contribution is 6.04. The van der Waals surface area contributed by atoms with E-state index in [0.29, 0.717) is 23.3 Å². The number of hydrogen-bond acceptors (Lipinski definition) is 6. The van der Waals surface area contributed by atoms with Crippen molar-refractivity contribution in [3.8, 4) is 11.3 Å². The maximum atomic E-state index is 12.8. The van der Waals surface area contributed by atoms with Crippen LogP contribution in [0.5, 0.6) is 0 Å². The summed E-state index contributed by atoms with van der Waals surface area (Å²) in [6.07, 6.45) is 2.30. The van der Waals surface area contributed by atoms with Gasteiger partial charge in [-0.3, -0.25) is 10.1 Å². The average Bonchev–Trinajstić information content (AvgIpc) is 3.20. The fraction of sp³-hybridized carbons (Fsp3) is 0.318. The zero-order chi connectivity index (χ0) is 22.4. The Labute approximate surface area is 179 Å². The van der Waals surface area contributed by atoms with Crippen LogP contribution in [0.4, 0.5) is 4.79 Å². The van der Waals surface area contributed by atoms with E-state index < -0.39 is 24.5 Å². The lowest BCUT2D eigenvalue weighted by Crippen LogP contribution is -2.41. The van der Waals surface area contributed by atoms with Crippen LogP contribution in [0.3, 0.4) is 0 Å². The van der Waals surface area contributed by atoms with Crippen LogP contribution >= 0.6 is 0 Å². The van der Waals surface area contributed by atoms with Crippen LogP contribution in [-0.4, -0.2) is 45.8 Å². The number of rotatable bonds is 7. The molecule has 2 N–H and O–H groups in total. The molecule has 0 unspecified atom stereocenters.